The van der Waals surface area contributed by atoms with Gasteiger partial charge in [0.25, 0.3) is 0 Å². The first-order valence-corrected chi connectivity index (χ1v) is 5.14. The molecule has 2 aromatic rings. The van der Waals surface area contributed by atoms with Gasteiger partial charge < -0.3 is 10.6 Å². The number of anilines is 3. The Bertz CT molecular complexity index is 572. The number of aromatic nitrogens is 1. The van der Waals surface area contributed by atoms with Crippen molar-refractivity contribution in [3.63, 3.8) is 0 Å². The van der Waals surface area contributed by atoms with Gasteiger partial charge in [0.15, 0.2) is 11.6 Å². The lowest BCUT2D eigenvalue weighted by Gasteiger charge is -2.09. The topological polar surface area (TPSA) is 37.0 Å². The molecule has 0 aliphatic heterocycles. The fraction of sp³-hybridized carbons (Fsp3) is 0.0833. The maximum Gasteiger partial charge on any atom is 0.161 e. The normalized spacial score (nSPS) is 10.2. The molecule has 0 radical (unpaired) electrons. The fourth-order valence-electron chi connectivity index (χ4n) is 1.42. The molecule has 0 aliphatic rings. The first-order chi connectivity index (χ1) is 8.60. The largest absolute Gasteiger partial charge is 0.387 e. The summed E-state index contributed by atoms with van der Waals surface area (Å²) >= 11 is 0. The van der Waals surface area contributed by atoms with E-state index >= 15 is 0 Å². The zero-order valence-electron chi connectivity index (χ0n) is 9.47. The molecule has 2 N–H and O–H groups in total. The van der Waals surface area contributed by atoms with Gasteiger partial charge in [0.2, 0.25) is 0 Å². The molecule has 0 fully saturated rings. The van der Waals surface area contributed by atoms with Gasteiger partial charge in [-0.05, 0) is 6.07 Å². The predicted octanol–water partition coefficient (Wildman–Crippen LogP) is 3.28. The summed E-state index contributed by atoms with van der Waals surface area (Å²) in [6.45, 7) is 0. The van der Waals surface area contributed by atoms with E-state index in [1.165, 1.54) is 6.20 Å². The van der Waals surface area contributed by atoms with Gasteiger partial charge in [0.1, 0.15) is 5.82 Å². The second-order valence-electron chi connectivity index (χ2n) is 3.58. The van der Waals surface area contributed by atoms with Gasteiger partial charge >= 0.3 is 0 Å². The highest BCUT2D eigenvalue weighted by molar-refractivity contribution is 5.63. The summed E-state index contributed by atoms with van der Waals surface area (Å²) < 4.78 is 39.1. The first kappa shape index (κ1) is 12.2. The third kappa shape index (κ3) is 2.53. The van der Waals surface area contributed by atoms with Crippen LogP contribution in [0.15, 0.2) is 30.6 Å². The van der Waals surface area contributed by atoms with Gasteiger partial charge in [-0.1, -0.05) is 0 Å². The third-order valence-corrected chi connectivity index (χ3v) is 2.32. The highest BCUT2D eigenvalue weighted by atomic mass is 19.2. The number of nitrogens with one attached hydrogen (secondary N) is 2. The Labute approximate surface area is 102 Å². The van der Waals surface area contributed by atoms with Crippen LogP contribution < -0.4 is 10.6 Å². The molecule has 0 bridgehead atoms. The zero-order chi connectivity index (χ0) is 13.1. The number of hydrogen-bond acceptors (Lipinski definition) is 3. The van der Waals surface area contributed by atoms with Crippen molar-refractivity contribution in [2.75, 3.05) is 17.7 Å². The van der Waals surface area contributed by atoms with E-state index in [9.17, 15) is 13.2 Å². The lowest BCUT2D eigenvalue weighted by atomic mass is 10.2. The molecule has 94 valence electrons. The number of rotatable bonds is 3. The summed E-state index contributed by atoms with van der Waals surface area (Å²) in [7, 11) is 1.71. The van der Waals surface area contributed by atoms with Gasteiger partial charge in [-0.2, -0.15) is 0 Å². The average molecular weight is 253 g/mol. The van der Waals surface area contributed by atoms with E-state index in [4.69, 9.17) is 0 Å². The fourth-order valence-corrected chi connectivity index (χ4v) is 1.42. The highest BCUT2D eigenvalue weighted by Crippen LogP contribution is 2.23. The van der Waals surface area contributed by atoms with E-state index in [1.807, 2.05) is 0 Å². The highest BCUT2D eigenvalue weighted by Gasteiger charge is 2.10. The van der Waals surface area contributed by atoms with Crippen molar-refractivity contribution in [3.8, 4) is 0 Å². The van der Waals surface area contributed by atoms with Crippen molar-refractivity contribution in [1.82, 2.24) is 4.98 Å². The number of pyridine rings is 1. The lowest BCUT2D eigenvalue weighted by molar-refractivity contribution is 0.496. The molecule has 0 atom stereocenters. The molecule has 18 heavy (non-hydrogen) atoms. The van der Waals surface area contributed by atoms with Crippen molar-refractivity contribution >= 4 is 17.1 Å². The van der Waals surface area contributed by atoms with E-state index in [2.05, 4.69) is 15.6 Å². The Kier molecular flexibility index (Phi) is 3.36. The summed E-state index contributed by atoms with van der Waals surface area (Å²) in [6, 6.07) is 2.91. The van der Waals surface area contributed by atoms with Crippen molar-refractivity contribution in [2.45, 2.75) is 0 Å². The monoisotopic (exact) mass is 253 g/mol. The summed E-state index contributed by atoms with van der Waals surface area (Å²) in [4.78, 5) is 3.91. The molecule has 1 aromatic heterocycles. The van der Waals surface area contributed by atoms with Crippen LogP contribution in [0.1, 0.15) is 0 Å². The molecule has 0 spiro atoms. The Morgan fingerprint density at radius 3 is 2.28 bits per heavy atom. The summed E-state index contributed by atoms with van der Waals surface area (Å²) in [5.41, 5.74) is 1.03. The molecule has 1 aromatic carbocycles. The Morgan fingerprint density at radius 1 is 0.889 bits per heavy atom. The maximum absolute atomic E-state index is 13.4. The molecule has 3 nitrogen and oxygen atoms in total. The summed E-state index contributed by atoms with van der Waals surface area (Å²) in [6.07, 6.45) is 3.02. The van der Waals surface area contributed by atoms with Crippen LogP contribution in [-0.4, -0.2) is 12.0 Å². The summed E-state index contributed by atoms with van der Waals surface area (Å²) in [5, 5.41) is 5.49. The van der Waals surface area contributed by atoms with Crippen molar-refractivity contribution in [3.05, 3.63) is 48.0 Å². The van der Waals surface area contributed by atoms with Crippen LogP contribution in [0.25, 0.3) is 0 Å². The van der Waals surface area contributed by atoms with Gasteiger partial charge in [0.05, 0.1) is 29.5 Å². The second kappa shape index (κ2) is 4.95. The molecule has 1 heterocycles. The van der Waals surface area contributed by atoms with E-state index in [1.54, 1.807) is 19.3 Å². The van der Waals surface area contributed by atoms with Crippen LogP contribution in [-0.2, 0) is 0 Å². The number of nitrogens with zero attached hydrogens (tertiary/aromatic N) is 1. The van der Waals surface area contributed by atoms with E-state index in [0.29, 0.717) is 17.4 Å². The predicted molar refractivity (Wildman–Crippen MR) is 63.4 cm³/mol. The Hall–Kier alpha value is -2.24. The first-order valence-electron chi connectivity index (χ1n) is 5.14. The average Bonchev–Trinajstić information content (AvgIpc) is 2.36. The van der Waals surface area contributed by atoms with E-state index < -0.39 is 17.5 Å². The van der Waals surface area contributed by atoms with Crippen molar-refractivity contribution in [1.29, 1.82) is 0 Å². The molecular weight excluding hydrogens is 243 g/mol. The molecule has 0 amide bonds. The zero-order valence-corrected chi connectivity index (χ0v) is 9.47. The van der Waals surface area contributed by atoms with Crippen LogP contribution in [0.5, 0.6) is 0 Å². The second-order valence-corrected chi connectivity index (χ2v) is 3.58. The molecule has 0 saturated heterocycles. The van der Waals surface area contributed by atoms with Gasteiger partial charge in [-0.3, -0.25) is 4.98 Å². The van der Waals surface area contributed by atoms with Gasteiger partial charge in [-0.25, -0.2) is 13.2 Å². The molecule has 6 heteroatoms. The van der Waals surface area contributed by atoms with Crippen LogP contribution in [0, 0.1) is 17.5 Å². The number of benzene rings is 1. The quantitative estimate of drug-likeness (QED) is 0.824. The van der Waals surface area contributed by atoms with Crippen LogP contribution >= 0.6 is 0 Å². The smallest absolute Gasteiger partial charge is 0.161 e. The Morgan fingerprint density at radius 2 is 1.56 bits per heavy atom. The van der Waals surface area contributed by atoms with Crippen LogP contribution in [0.3, 0.4) is 0 Å². The van der Waals surface area contributed by atoms with Crippen LogP contribution in [0.2, 0.25) is 0 Å². The van der Waals surface area contributed by atoms with E-state index in [0.717, 1.165) is 6.07 Å². The third-order valence-electron chi connectivity index (χ3n) is 2.32. The summed E-state index contributed by atoms with van der Waals surface area (Å²) in [5.74, 6) is -3.21. The number of hydrogen-bond donors (Lipinski definition) is 2. The maximum atomic E-state index is 13.4. The van der Waals surface area contributed by atoms with Crippen LogP contribution in [0.4, 0.5) is 30.2 Å². The van der Waals surface area contributed by atoms with Crippen molar-refractivity contribution in [2.24, 2.45) is 0 Å². The molecule has 0 saturated carbocycles. The molecule has 0 unspecified atom stereocenters. The lowest BCUT2D eigenvalue weighted by Crippen LogP contribution is -1.98. The SMILES string of the molecule is CNc1cncc(Nc2cc(F)c(F)cc2F)c1. The molecular formula is C12H10F3N3. The van der Waals surface area contributed by atoms with Crippen molar-refractivity contribution < 1.29 is 13.2 Å². The molecule has 0 aliphatic carbocycles. The van der Waals surface area contributed by atoms with E-state index in [-0.39, 0.29) is 5.69 Å². The van der Waals surface area contributed by atoms with Gasteiger partial charge in [-0.15, -0.1) is 0 Å². The Balaban J connectivity index is 2.30. The minimum atomic E-state index is -1.22. The minimum Gasteiger partial charge on any atom is -0.387 e. The molecule has 2 rings (SSSR count). The van der Waals surface area contributed by atoms with Gasteiger partial charge in [0, 0.05) is 19.2 Å². The standard InChI is InChI=1S/C12H10F3N3/c1-16-7-2-8(6-17-5-7)18-12-4-10(14)9(13)3-11(12)15/h2-6,16,18H,1H3. The minimum absolute atomic E-state index is 0.149. The number of halogens is 3.